The lowest BCUT2D eigenvalue weighted by Crippen LogP contribution is -2.30. The number of nitrogens with zero attached hydrogens (tertiary/aromatic N) is 2. The topological polar surface area (TPSA) is 86.4 Å². The number of anilines is 1. The van der Waals surface area contributed by atoms with Crippen molar-refractivity contribution in [2.45, 2.75) is 44.4 Å². The molecule has 1 N–H and O–H groups in total. The number of rotatable bonds is 9. The van der Waals surface area contributed by atoms with Gasteiger partial charge in [0.2, 0.25) is 0 Å². The highest BCUT2D eigenvalue weighted by molar-refractivity contribution is 7.98. The number of hydrogen-bond donors (Lipinski definition) is 1. The summed E-state index contributed by atoms with van der Waals surface area (Å²) in [7, 11) is 0. The van der Waals surface area contributed by atoms with Gasteiger partial charge in [0, 0.05) is 16.8 Å². The Kier molecular flexibility index (Phi) is 7.03. The SMILES string of the molecule is CCCCOC(=O)Cn1c(SC)ncc(N[C@H](C)c2ccc3c(c2)oc2ccccc23)c1=O. The summed E-state index contributed by atoms with van der Waals surface area (Å²) in [5.74, 6) is -0.441. The largest absolute Gasteiger partial charge is 0.464 e. The Balaban J connectivity index is 1.57. The van der Waals surface area contributed by atoms with E-state index in [4.69, 9.17) is 9.15 Å². The van der Waals surface area contributed by atoms with E-state index in [0.29, 0.717) is 17.5 Å². The third-order valence-corrected chi connectivity index (χ3v) is 6.21. The fraction of sp³-hybridized carbons (Fsp3) is 0.320. The molecule has 0 spiro atoms. The number of thioether (sulfide) groups is 1. The Bertz CT molecular complexity index is 1340. The summed E-state index contributed by atoms with van der Waals surface area (Å²) in [6.07, 6.45) is 5.06. The number of unbranched alkanes of at least 4 members (excludes halogenated alkanes) is 1. The number of carbonyl (C=O) groups is 1. The number of nitrogens with one attached hydrogen (secondary N) is 1. The van der Waals surface area contributed by atoms with Crippen LogP contribution in [0.2, 0.25) is 0 Å². The van der Waals surface area contributed by atoms with Gasteiger partial charge in [-0.15, -0.1) is 0 Å². The van der Waals surface area contributed by atoms with Gasteiger partial charge < -0.3 is 14.5 Å². The van der Waals surface area contributed by atoms with Crippen LogP contribution < -0.4 is 10.9 Å². The van der Waals surface area contributed by atoms with E-state index in [0.717, 1.165) is 40.3 Å². The zero-order valence-corrected chi connectivity index (χ0v) is 19.8. The number of hydrogen-bond acceptors (Lipinski definition) is 7. The van der Waals surface area contributed by atoms with Gasteiger partial charge in [0.05, 0.1) is 12.8 Å². The van der Waals surface area contributed by atoms with Gasteiger partial charge in [0.25, 0.3) is 5.56 Å². The molecule has 2 aromatic carbocycles. The number of ether oxygens (including phenoxy) is 1. The van der Waals surface area contributed by atoms with Crippen LogP contribution in [-0.4, -0.2) is 28.4 Å². The Hall–Kier alpha value is -3.26. The molecule has 4 rings (SSSR count). The minimum atomic E-state index is -0.441. The maximum absolute atomic E-state index is 13.1. The zero-order chi connectivity index (χ0) is 23.4. The second-order valence-electron chi connectivity index (χ2n) is 7.84. The summed E-state index contributed by atoms with van der Waals surface area (Å²) in [5, 5.41) is 5.84. The van der Waals surface area contributed by atoms with Crippen LogP contribution in [-0.2, 0) is 16.1 Å². The van der Waals surface area contributed by atoms with Crippen molar-refractivity contribution in [3.8, 4) is 0 Å². The molecule has 0 saturated heterocycles. The van der Waals surface area contributed by atoms with E-state index in [2.05, 4.69) is 10.3 Å². The highest BCUT2D eigenvalue weighted by Crippen LogP contribution is 2.31. The summed E-state index contributed by atoms with van der Waals surface area (Å²) in [5.41, 5.74) is 2.63. The number of benzene rings is 2. The number of carbonyl (C=O) groups excluding carboxylic acids is 1. The lowest BCUT2D eigenvalue weighted by molar-refractivity contribution is -0.144. The number of para-hydroxylation sites is 1. The molecular weight excluding hydrogens is 438 g/mol. The molecule has 2 aromatic heterocycles. The van der Waals surface area contributed by atoms with Gasteiger partial charge in [-0.1, -0.05) is 55.4 Å². The molecule has 7 nitrogen and oxygen atoms in total. The molecule has 172 valence electrons. The maximum atomic E-state index is 13.1. The van der Waals surface area contributed by atoms with Gasteiger partial charge in [0.1, 0.15) is 23.4 Å². The minimum absolute atomic E-state index is 0.166. The van der Waals surface area contributed by atoms with Gasteiger partial charge >= 0.3 is 5.97 Å². The van der Waals surface area contributed by atoms with E-state index < -0.39 is 5.97 Å². The van der Waals surface area contributed by atoms with E-state index >= 15 is 0 Å². The predicted octanol–water partition coefficient (Wildman–Crippen LogP) is 5.38. The third kappa shape index (κ3) is 4.90. The lowest BCUT2D eigenvalue weighted by Gasteiger charge is -2.17. The highest BCUT2D eigenvalue weighted by atomic mass is 32.2. The van der Waals surface area contributed by atoms with Crippen LogP contribution in [0.1, 0.15) is 38.3 Å². The van der Waals surface area contributed by atoms with E-state index in [1.54, 1.807) is 0 Å². The van der Waals surface area contributed by atoms with E-state index in [-0.39, 0.29) is 18.1 Å². The molecule has 1 atom stereocenters. The molecule has 33 heavy (non-hydrogen) atoms. The first-order chi connectivity index (χ1) is 16.0. The van der Waals surface area contributed by atoms with Crippen molar-refractivity contribution in [3.63, 3.8) is 0 Å². The Morgan fingerprint density at radius 3 is 2.79 bits per heavy atom. The summed E-state index contributed by atoms with van der Waals surface area (Å²) >= 11 is 1.31. The Morgan fingerprint density at radius 1 is 1.21 bits per heavy atom. The van der Waals surface area contributed by atoms with Crippen LogP contribution in [0.3, 0.4) is 0 Å². The maximum Gasteiger partial charge on any atom is 0.326 e. The van der Waals surface area contributed by atoms with Crippen LogP contribution in [0.25, 0.3) is 21.9 Å². The van der Waals surface area contributed by atoms with Gasteiger partial charge in [0.15, 0.2) is 5.16 Å². The van der Waals surface area contributed by atoms with Crippen molar-refractivity contribution in [2.75, 3.05) is 18.2 Å². The predicted molar refractivity (Wildman–Crippen MR) is 132 cm³/mol. The summed E-state index contributed by atoms with van der Waals surface area (Å²) in [6.45, 7) is 4.18. The smallest absolute Gasteiger partial charge is 0.326 e. The lowest BCUT2D eigenvalue weighted by atomic mass is 10.1. The molecule has 0 fully saturated rings. The molecule has 0 amide bonds. The standard InChI is InChI=1S/C25H27N3O4S/c1-4-5-12-31-23(29)15-28-24(30)20(14-26-25(28)33-3)27-16(2)17-10-11-19-18-8-6-7-9-21(18)32-22(19)13-17/h6-11,13-14,16,27H,4-5,12,15H2,1-3H3/t16-/m1/s1. The molecule has 0 bridgehead atoms. The summed E-state index contributed by atoms with van der Waals surface area (Å²) in [4.78, 5) is 29.7. The van der Waals surface area contributed by atoms with Crippen molar-refractivity contribution in [2.24, 2.45) is 0 Å². The molecule has 0 saturated carbocycles. The molecule has 4 aromatic rings. The van der Waals surface area contributed by atoms with E-state index in [9.17, 15) is 9.59 Å². The monoisotopic (exact) mass is 465 g/mol. The van der Waals surface area contributed by atoms with Gasteiger partial charge in [-0.05, 0) is 37.3 Å². The van der Waals surface area contributed by atoms with Crippen molar-refractivity contribution in [1.29, 1.82) is 0 Å². The van der Waals surface area contributed by atoms with E-state index in [1.807, 2.05) is 62.6 Å². The molecule has 0 aliphatic heterocycles. The average molecular weight is 466 g/mol. The van der Waals surface area contributed by atoms with Gasteiger partial charge in [-0.25, -0.2) is 4.98 Å². The first-order valence-electron chi connectivity index (χ1n) is 11.0. The Morgan fingerprint density at radius 2 is 2.00 bits per heavy atom. The van der Waals surface area contributed by atoms with Crippen LogP contribution in [0.15, 0.2) is 63.0 Å². The van der Waals surface area contributed by atoms with Crippen LogP contribution in [0.4, 0.5) is 5.69 Å². The average Bonchev–Trinajstić information content (AvgIpc) is 3.19. The first-order valence-corrected chi connectivity index (χ1v) is 12.2. The number of fused-ring (bicyclic) bond motifs is 3. The van der Waals surface area contributed by atoms with Crippen LogP contribution in [0, 0.1) is 0 Å². The molecule has 0 aliphatic rings. The first kappa shape index (κ1) is 22.9. The van der Waals surface area contributed by atoms with Crippen LogP contribution in [0.5, 0.6) is 0 Å². The van der Waals surface area contributed by atoms with Crippen LogP contribution >= 0.6 is 11.8 Å². The van der Waals surface area contributed by atoms with E-state index in [1.165, 1.54) is 22.5 Å². The number of esters is 1. The molecule has 0 unspecified atom stereocenters. The molecule has 0 radical (unpaired) electrons. The third-order valence-electron chi connectivity index (χ3n) is 5.52. The second-order valence-corrected chi connectivity index (χ2v) is 8.62. The molecule has 8 heteroatoms. The van der Waals surface area contributed by atoms with Crippen molar-refractivity contribution < 1.29 is 13.9 Å². The summed E-state index contributed by atoms with van der Waals surface area (Å²) in [6, 6.07) is 13.8. The minimum Gasteiger partial charge on any atom is -0.464 e. The zero-order valence-electron chi connectivity index (χ0n) is 19.0. The summed E-state index contributed by atoms with van der Waals surface area (Å²) < 4.78 is 12.6. The van der Waals surface area contributed by atoms with Crippen molar-refractivity contribution >= 4 is 45.4 Å². The quantitative estimate of drug-likeness (QED) is 0.154. The highest BCUT2D eigenvalue weighted by Gasteiger charge is 2.17. The number of aromatic nitrogens is 2. The van der Waals surface area contributed by atoms with Crippen molar-refractivity contribution in [3.05, 3.63) is 64.6 Å². The Labute approximate surface area is 196 Å². The molecule has 0 aliphatic carbocycles. The van der Waals surface area contributed by atoms with Crippen molar-refractivity contribution in [1.82, 2.24) is 9.55 Å². The fourth-order valence-electron chi connectivity index (χ4n) is 3.71. The normalized spacial score (nSPS) is 12.2. The molecule has 2 heterocycles. The van der Waals surface area contributed by atoms with Gasteiger partial charge in [-0.3, -0.25) is 14.2 Å². The number of furan rings is 1. The second kappa shape index (κ2) is 10.1. The fourth-order valence-corrected chi connectivity index (χ4v) is 4.24. The molecular formula is C25H27N3O4S. The van der Waals surface area contributed by atoms with Gasteiger partial charge in [-0.2, -0.15) is 0 Å².